The Labute approximate surface area is 120 Å². The van der Waals surface area contributed by atoms with Crippen molar-refractivity contribution in [1.29, 1.82) is 0 Å². The second kappa shape index (κ2) is 8.08. The first kappa shape index (κ1) is 16.7. The number of aliphatic hydroxyl groups is 1. The molecule has 1 aromatic rings. The SMILES string of the molecule is CC(CCO)CNS(=O)(=O)CCOc1ccc(N)cc1. The van der Waals surface area contributed by atoms with E-state index in [-0.39, 0.29) is 24.9 Å². The summed E-state index contributed by atoms with van der Waals surface area (Å²) in [6.45, 7) is 2.34. The molecule has 0 saturated carbocycles. The van der Waals surface area contributed by atoms with Crippen LogP contribution in [0.1, 0.15) is 13.3 Å². The third-order valence-electron chi connectivity index (χ3n) is 2.77. The number of anilines is 1. The number of benzene rings is 1. The van der Waals surface area contributed by atoms with Gasteiger partial charge in [-0.25, -0.2) is 13.1 Å². The van der Waals surface area contributed by atoms with Crippen molar-refractivity contribution in [2.45, 2.75) is 13.3 Å². The van der Waals surface area contributed by atoms with Crippen LogP contribution in [0, 0.1) is 5.92 Å². The summed E-state index contributed by atoms with van der Waals surface area (Å²) in [5.41, 5.74) is 6.17. The Morgan fingerprint density at radius 1 is 1.35 bits per heavy atom. The molecular weight excluding hydrogens is 280 g/mol. The lowest BCUT2D eigenvalue weighted by molar-refractivity contribution is 0.262. The van der Waals surface area contributed by atoms with Crippen LogP contribution >= 0.6 is 0 Å². The number of hydrogen-bond donors (Lipinski definition) is 3. The average molecular weight is 302 g/mol. The number of aliphatic hydroxyl groups excluding tert-OH is 1. The summed E-state index contributed by atoms with van der Waals surface area (Å²) < 4.78 is 31.3. The maximum absolute atomic E-state index is 11.7. The van der Waals surface area contributed by atoms with Gasteiger partial charge in [-0.3, -0.25) is 0 Å². The zero-order chi connectivity index (χ0) is 15.0. The maximum atomic E-state index is 11.7. The van der Waals surface area contributed by atoms with Crippen LogP contribution in [0.4, 0.5) is 5.69 Å². The van der Waals surface area contributed by atoms with E-state index in [0.717, 1.165) is 0 Å². The van der Waals surface area contributed by atoms with E-state index in [4.69, 9.17) is 15.6 Å². The molecule has 20 heavy (non-hydrogen) atoms. The molecule has 0 heterocycles. The molecule has 0 aliphatic carbocycles. The van der Waals surface area contributed by atoms with Crippen molar-refractivity contribution in [3.8, 4) is 5.75 Å². The monoisotopic (exact) mass is 302 g/mol. The van der Waals surface area contributed by atoms with Crippen molar-refractivity contribution in [3.05, 3.63) is 24.3 Å². The normalized spacial score (nSPS) is 13.1. The number of nitrogens with two attached hydrogens (primary N) is 1. The molecule has 0 aliphatic rings. The number of nitrogen functional groups attached to an aromatic ring is 1. The summed E-state index contributed by atoms with van der Waals surface area (Å²) in [6.07, 6.45) is 0.574. The van der Waals surface area contributed by atoms with Crippen LogP contribution in [0.15, 0.2) is 24.3 Å². The van der Waals surface area contributed by atoms with E-state index in [2.05, 4.69) is 4.72 Å². The first-order valence-electron chi connectivity index (χ1n) is 6.49. The Kier molecular flexibility index (Phi) is 6.77. The van der Waals surface area contributed by atoms with Crippen LogP contribution < -0.4 is 15.2 Å². The Bertz CT molecular complexity index is 488. The molecular formula is C13H22N2O4S. The summed E-state index contributed by atoms with van der Waals surface area (Å²) in [4.78, 5) is 0. The largest absolute Gasteiger partial charge is 0.492 e. The van der Waals surface area contributed by atoms with Gasteiger partial charge in [0, 0.05) is 18.8 Å². The fourth-order valence-electron chi connectivity index (χ4n) is 1.50. The van der Waals surface area contributed by atoms with Gasteiger partial charge in [-0.15, -0.1) is 0 Å². The van der Waals surface area contributed by atoms with Crippen molar-refractivity contribution in [2.75, 3.05) is 31.2 Å². The highest BCUT2D eigenvalue weighted by Crippen LogP contribution is 2.12. The molecule has 0 aliphatic heterocycles. The zero-order valence-corrected chi connectivity index (χ0v) is 12.4. The lowest BCUT2D eigenvalue weighted by atomic mass is 10.1. The van der Waals surface area contributed by atoms with Crippen LogP contribution in [-0.2, 0) is 10.0 Å². The molecule has 7 heteroatoms. The standard InChI is InChI=1S/C13H22N2O4S/c1-11(6-7-16)10-15-20(17,18)9-8-19-13-4-2-12(14)3-5-13/h2-5,11,15-16H,6-10,14H2,1H3. The molecule has 1 atom stereocenters. The highest BCUT2D eigenvalue weighted by Gasteiger charge is 2.12. The van der Waals surface area contributed by atoms with E-state index in [0.29, 0.717) is 24.4 Å². The topological polar surface area (TPSA) is 102 Å². The predicted molar refractivity (Wildman–Crippen MR) is 79.0 cm³/mol. The van der Waals surface area contributed by atoms with Gasteiger partial charge in [0.05, 0.1) is 5.75 Å². The third-order valence-corrected chi connectivity index (χ3v) is 4.09. The number of nitrogens with one attached hydrogen (secondary N) is 1. The lowest BCUT2D eigenvalue weighted by Gasteiger charge is -2.12. The smallest absolute Gasteiger partial charge is 0.214 e. The van der Waals surface area contributed by atoms with E-state index in [9.17, 15) is 8.42 Å². The predicted octanol–water partition coefficient (Wildman–Crippen LogP) is 0.585. The molecule has 0 saturated heterocycles. The van der Waals surface area contributed by atoms with Gasteiger partial charge in [0.25, 0.3) is 0 Å². The summed E-state index contributed by atoms with van der Waals surface area (Å²) in [6, 6.07) is 6.77. The minimum atomic E-state index is -3.35. The van der Waals surface area contributed by atoms with Crippen LogP contribution in [0.2, 0.25) is 0 Å². The van der Waals surface area contributed by atoms with Crippen LogP contribution in [0.3, 0.4) is 0 Å². The number of sulfonamides is 1. The Morgan fingerprint density at radius 2 is 2.00 bits per heavy atom. The first-order valence-corrected chi connectivity index (χ1v) is 8.14. The minimum Gasteiger partial charge on any atom is -0.492 e. The summed E-state index contributed by atoms with van der Waals surface area (Å²) in [7, 11) is -3.35. The zero-order valence-electron chi connectivity index (χ0n) is 11.6. The van der Waals surface area contributed by atoms with E-state index in [1.54, 1.807) is 24.3 Å². The van der Waals surface area contributed by atoms with Gasteiger partial charge < -0.3 is 15.6 Å². The van der Waals surface area contributed by atoms with Gasteiger partial charge >= 0.3 is 0 Å². The van der Waals surface area contributed by atoms with Crippen molar-refractivity contribution in [2.24, 2.45) is 5.92 Å². The van der Waals surface area contributed by atoms with Gasteiger partial charge in [-0.2, -0.15) is 0 Å². The van der Waals surface area contributed by atoms with Crippen LogP contribution in [0.5, 0.6) is 5.75 Å². The summed E-state index contributed by atoms with van der Waals surface area (Å²) >= 11 is 0. The van der Waals surface area contributed by atoms with Crippen LogP contribution in [0.25, 0.3) is 0 Å². The Balaban J connectivity index is 2.30. The quantitative estimate of drug-likeness (QED) is 0.579. The van der Waals surface area contributed by atoms with E-state index in [1.165, 1.54) is 0 Å². The molecule has 0 amide bonds. The van der Waals surface area contributed by atoms with Crippen molar-refractivity contribution in [1.82, 2.24) is 4.72 Å². The maximum Gasteiger partial charge on any atom is 0.214 e. The molecule has 0 radical (unpaired) electrons. The third kappa shape index (κ3) is 6.74. The summed E-state index contributed by atoms with van der Waals surface area (Å²) in [5, 5.41) is 8.75. The van der Waals surface area contributed by atoms with Gasteiger partial charge in [-0.1, -0.05) is 6.92 Å². The average Bonchev–Trinajstić information content (AvgIpc) is 2.39. The number of hydrogen-bond acceptors (Lipinski definition) is 5. The molecule has 0 spiro atoms. The fourth-order valence-corrected chi connectivity index (χ4v) is 2.48. The van der Waals surface area contributed by atoms with E-state index < -0.39 is 10.0 Å². The molecule has 0 fully saturated rings. The van der Waals surface area contributed by atoms with E-state index in [1.807, 2.05) is 6.92 Å². The van der Waals surface area contributed by atoms with Crippen molar-refractivity contribution < 1.29 is 18.3 Å². The number of rotatable bonds is 9. The van der Waals surface area contributed by atoms with Crippen LogP contribution in [-0.4, -0.2) is 39.0 Å². The fraction of sp³-hybridized carbons (Fsp3) is 0.538. The molecule has 4 N–H and O–H groups in total. The minimum absolute atomic E-state index is 0.0587. The highest BCUT2D eigenvalue weighted by molar-refractivity contribution is 7.89. The molecule has 1 aromatic carbocycles. The first-order chi connectivity index (χ1) is 9.43. The molecule has 114 valence electrons. The van der Waals surface area contributed by atoms with E-state index >= 15 is 0 Å². The molecule has 0 bridgehead atoms. The van der Waals surface area contributed by atoms with Gasteiger partial charge in [0.15, 0.2) is 0 Å². The van der Waals surface area contributed by atoms with Crippen molar-refractivity contribution >= 4 is 15.7 Å². The second-order valence-electron chi connectivity index (χ2n) is 4.70. The van der Waals surface area contributed by atoms with Gasteiger partial charge in [-0.05, 0) is 36.6 Å². The highest BCUT2D eigenvalue weighted by atomic mass is 32.2. The lowest BCUT2D eigenvalue weighted by Crippen LogP contribution is -2.32. The molecule has 6 nitrogen and oxygen atoms in total. The van der Waals surface area contributed by atoms with Crippen molar-refractivity contribution in [3.63, 3.8) is 0 Å². The molecule has 1 unspecified atom stereocenters. The summed E-state index contributed by atoms with van der Waals surface area (Å²) in [5.74, 6) is 0.583. The Hall–Kier alpha value is -1.31. The van der Waals surface area contributed by atoms with Gasteiger partial charge in [0.1, 0.15) is 12.4 Å². The second-order valence-corrected chi connectivity index (χ2v) is 6.63. The van der Waals surface area contributed by atoms with Gasteiger partial charge in [0.2, 0.25) is 10.0 Å². The number of ether oxygens (including phenoxy) is 1. The molecule has 1 rings (SSSR count). The molecule has 0 aromatic heterocycles. The Morgan fingerprint density at radius 3 is 2.60 bits per heavy atom.